The number of imidazole rings is 1. The van der Waals surface area contributed by atoms with Crippen molar-refractivity contribution in [1.29, 1.82) is 0 Å². The van der Waals surface area contributed by atoms with Gasteiger partial charge in [-0.1, -0.05) is 18.2 Å². The van der Waals surface area contributed by atoms with E-state index in [-0.39, 0.29) is 17.9 Å². The van der Waals surface area contributed by atoms with Gasteiger partial charge < -0.3 is 10.3 Å². The van der Waals surface area contributed by atoms with Gasteiger partial charge in [0.25, 0.3) is 5.91 Å². The molecule has 1 heterocycles. The van der Waals surface area contributed by atoms with E-state index in [1.807, 2.05) is 0 Å². The third-order valence-corrected chi connectivity index (χ3v) is 4.92. The van der Waals surface area contributed by atoms with Gasteiger partial charge in [-0.2, -0.15) is 13.2 Å². The number of aromatic amines is 1. The number of halogens is 5. The minimum absolute atomic E-state index is 0.0386. The van der Waals surface area contributed by atoms with Gasteiger partial charge in [-0.15, -0.1) is 0 Å². The summed E-state index contributed by atoms with van der Waals surface area (Å²) in [5.41, 5.74) is 1.06. The lowest BCUT2D eigenvalue weighted by atomic mass is 10.1. The molecule has 0 fully saturated rings. The Balaban J connectivity index is 1.47. The first-order chi connectivity index (χ1) is 15.7. The Bertz CT molecular complexity index is 1300. The number of carbonyl (C=O) groups excluding carboxylic acids is 1. The summed E-state index contributed by atoms with van der Waals surface area (Å²) >= 11 is 0. The lowest BCUT2D eigenvalue weighted by molar-refractivity contribution is -0.140. The Hall–Kier alpha value is -4.01. The number of rotatable bonds is 5. The molecule has 3 aromatic carbocycles. The van der Waals surface area contributed by atoms with Crippen LogP contribution in [0.1, 0.15) is 21.5 Å². The van der Waals surface area contributed by atoms with Crippen LogP contribution in [0.5, 0.6) is 0 Å². The highest BCUT2D eigenvalue weighted by molar-refractivity contribution is 5.94. The van der Waals surface area contributed by atoms with E-state index in [1.165, 1.54) is 12.1 Å². The molecule has 0 atom stereocenters. The zero-order valence-electron chi connectivity index (χ0n) is 16.9. The molecular weight excluding hydrogens is 441 g/mol. The lowest BCUT2D eigenvalue weighted by Crippen LogP contribution is -2.23. The standard InChI is InChI=1S/C24H16F5N3O/c25-18-7-4-15(5-8-18)21-13-30-22(32-21)16-3-1-2-14(10-16)12-31-23(33)17-6-9-20(26)19(11-17)24(27,28)29/h1-11,13H,12H2,(H,30,32)(H,31,33). The molecule has 0 unspecified atom stereocenters. The van der Waals surface area contributed by atoms with E-state index in [2.05, 4.69) is 15.3 Å². The van der Waals surface area contributed by atoms with Crippen molar-refractivity contribution in [1.82, 2.24) is 15.3 Å². The number of benzene rings is 3. The maximum absolute atomic E-state index is 13.4. The van der Waals surface area contributed by atoms with Crippen molar-refractivity contribution in [2.75, 3.05) is 0 Å². The third-order valence-electron chi connectivity index (χ3n) is 4.92. The zero-order chi connectivity index (χ0) is 23.6. The molecular formula is C24H16F5N3O. The van der Waals surface area contributed by atoms with Gasteiger partial charge in [0, 0.05) is 17.7 Å². The monoisotopic (exact) mass is 457 g/mol. The van der Waals surface area contributed by atoms with Crippen LogP contribution in [0.3, 0.4) is 0 Å². The second-order valence-electron chi connectivity index (χ2n) is 7.23. The van der Waals surface area contributed by atoms with Crippen molar-refractivity contribution in [3.8, 4) is 22.6 Å². The van der Waals surface area contributed by atoms with Crippen LogP contribution in [0.25, 0.3) is 22.6 Å². The fourth-order valence-electron chi connectivity index (χ4n) is 3.24. The van der Waals surface area contributed by atoms with Crippen molar-refractivity contribution in [3.63, 3.8) is 0 Å². The molecule has 0 aliphatic carbocycles. The molecule has 4 nitrogen and oxygen atoms in total. The van der Waals surface area contributed by atoms with Gasteiger partial charge in [-0.05, 0) is 59.7 Å². The smallest absolute Gasteiger partial charge is 0.348 e. The topological polar surface area (TPSA) is 57.8 Å². The quantitative estimate of drug-likeness (QED) is 0.363. The van der Waals surface area contributed by atoms with Crippen molar-refractivity contribution in [2.24, 2.45) is 0 Å². The normalized spacial score (nSPS) is 11.4. The molecule has 0 radical (unpaired) electrons. The van der Waals surface area contributed by atoms with E-state index in [0.717, 1.165) is 17.2 Å². The molecule has 1 amide bonds. The van der Waals surface area contributed by atoms with Crippen molar-refractivity contribution >= 4 is 5.91 Å². The Morgan fingerprint density at radius 1 is 0.939 bits per heavy atom. The number of nitrogens with one attached hydrogen (secondary N) is 2. The summed E-state index contributed by atoms with van der Waals surface area (Å²) in [6, 6.07) is 15.1. The van der Waals surface area contributed by atoms with Gasteiger partial charge in [-0.3, -0.25) is 4.79 Å². The Labute approximate surface area is 185 Å². The molecule has 9 heteroatoms. The Kier molecular flexibility index (Phi) is 5.95. The maximum atomic E-state index is 13.4. The van der Waals surface area contributed by atoms with Crippen LogP contribution in [-0.4, -0.2) is 15.9 Å². The van der Waals surface area contributed by atoms with E-state index in [1.54, 1.807) is 42.6 Å². The molecule has 4 rings (SSSR count). The summed E-state index contributed by atoms with van der Waals surface area (Å²) in [5.74, 6) is -1.99. The molecule has 0 aliphatic rings. The first kappa shape index (κ1) is 22.2. The van der Waals surface area contributed by atoms with E-state index < -0.39 is 23.5 Å². The van der Waals surface area contributed by atoms with Crippen LogP contribution in [-0.2, 0) is 12.7 Å². The first-order valence-electron chi connectivity index (χ1n) is 9.76. The van der Waals surface area contributed by atoms with Gasteiger partial charge in [0.15, 0.2) is 0 Å². The molecule has 0 spiro atoms. The molecule has 0 aliphatic heterocycles. The average molecular weight is 457 g/mol. The number of carbonyl (C=O) groups is 1. The molecule has 168 valence electrons. The Morgan fingerprint density at radius 2 is 1.70 bits per heavy atom. The molecule has 0 saturated carbocycles. The zero-order valence-corrected chi connectivity index (χ0v) is 16.9. The van der Waals surface area contributed by atoms with Crippen LogP contribution in [0.2, 0.25) is 0 Å². The lowest BCUT2D eigenvalue weighted by Gasteiger charge is -2.11. The number of alkyl halides is 3. The second-order valence-corrected chi connectivity index (χ2v) is 7.23. The fraction of sp³-hybridized carbons (Fsp3) is 0.0833. The van der Waals surface area contributed by atoms with Gasteiger partial charge in [0.05, 0.1) is 17.5 Å². The minimum Gasteiger partial charge on any atom is -0.348 e. The van der Waals surface area contributed by atoms with Crippen LogP contribution >= 0.6 is 0 Å². The second kappa shape index (κ2) is 8.85. The SMILES string of the molecule is O=C(NCc1cccc(-c2ncc(-c3ccc(F)cc3)[nH]2)c1)c1ccc(F)c(C(F)(F)F)c1. The number of hydrogen-bond donors (Lipinski definition) is 2. The predicted octanol–water partition coefficient (Wildman–Crippen LogP) is 5.97. The Morgan fingerprint density at radius 3 is 2.42 bits per heavy atom. The molecule has 1 aromatic heterocycles. The number of amides is 1. The molecule has 0 saturated heterocycles. The van der Waals surface area contributed by atoms with Gasteiger partial charge in [0.2, 0.25) is 0 Å². The third kappa shape index (κ3) is 5.08. The number of nitrogens with zero attached hydrogens (tertiary/aromatic N) is 1. The van der Waals surface area contributed by atoms with E-state index in [0.29, 0.717) is 29.2 Å². The molecule has 4 aromatic rings. The van der Waals surface area contributed by atoms with Gasteiger partial charge in [-0.25, -0.2) is 13.8 Å². The summed E-state index contributed by atoms with van der Waals surface area (Å²) in [6.45, 7) is 0.0386. The summed E-state index contributed by atoms with van der Waals surface area (Å²) in [5, 5.41) is 2.53. The fourth-order valence-corrected chi connectivity index (χ4v) is 3.24. The summed E-state index contributed by atoms with van der Waals surface area (Å²) < 4.78 is 65.2. The summed E-state index contributed by atoms with van der Waals surface area (Å²) in [6.07, 6.45) is -3.28. The highest BCUT2D eigenvalue weighted by Crippen LogP contribution is 2.32. The summed E-state index contributed by atoms with van der Waals surface area (Å²) in [4.78, 5) is 19.8. The van der Waals surface area contributed by atoms with Crippen LogP contribution < -0.4 is 5.32 Å². The largest absolute Gasteiger partial charge is 0.419 e. The van der Waals surface area contributed by atoms with Crippen LogP contribution in [0.15, 0.2) is 72.9 Å². The predicted molar refractivity (Wildman–Crippen MR) is 112 cm³/mol. The number of hydrogen-bond acceptors (Lipinski definition) is 2. The van der Waals surface area contributed by atoms with Crippen molar-refractivity contribution < 1.29 is 26.7 Å². The van der Waals surface area contributed by atoms with Crippen molar-refractivity contribution in [3.05, 3.63) is 101 Å². The van der Waals surface area contributed by atoms with Crippen LogP contribution in [0, 0.1) is 11.6 Å². The average Bonchev–Trinajstić information content (AvgIpc) is 3.28. The maximum Gasteiger partial charge on any atom is 0.419 e. The minimum atomic E-state index is -4.90. The number of aromatic nitrogens is 2. The number of H-pyrrole nitrogens is 1. The first-order valence-corrected chi connectivity index (χ1v) is 9.76. The molecule has 2 N–H and O–H groups in total. The molecule has 0 bridgehead atoms. The molecule has 33 heavy (non-hydrogen) atoms. The van der Waals surface area contributed by atoms with E-state index in [4.69, 9.17) is 0 Å². The highest BCUT2D eigenvalue weighted by Gasteiger charge is 2.34. The van der Waals surface area contributed by atoms with Gasteiger partial charge >= 0.3 is 6.18 Å². The van der Waals surface area contributed by atoms with E-state index in [9.17, 15) is 26.7 Å². The van der Waals surface area contributed by atoms with E-state index >= 15 is 0 Å². The summed E-state index contributed by atoms with van der Waals surface area (Å²) in [7, 11) is 0. The van der Waals surface area contributed by atoms with Gasteiger partial charge in [0.1, 0.15) is 17.5 Å². The highest BCUT2D eigenvalue weighted by atomic mass is 19.4. The van der Waals surface area contributed by atoms with Crippen LogP contribution in [0.4, 0.5) is 22.0 Å². The van der Waals surface area contributed by atoms with Crippen molar-refractivity contribution in [2.45, 2.75) is 12.7 Å².